The maximum Gasteiger partial charge on any atom is 0.174 e. The number of thiophene rings is 1. The lowest BCUT2D eigenvalue weighted by molar-refractivity contribution is 0.525. The lowest BCUT2D eigenvalue weighted by atomic mass is 10.1. The first-order valence-corrected chi connectivity index (χ1v) is 7.84. The lowest BCUT2D eigenvalue weighted by Crippen LogP contribution is -2.22. The van der Waals surface area contributed by atoms with Gasteiger partial charge in [-0.15, -0.1) is 11.3 Å². The van der Waals surface area contributed by atoms with E-state index in [0.717, 1.165) is 27.0 Å². The molecule has 1 unspecified atom stereocenters. The van der Waals surface area contributed by atoms with Gasteiger partial charge < -0.3 is 9.73 Å². The minimum Gasteiger partial charge on any atom is -0.457 e. The van der Waals surface area contributed by atoms with E-state index in [2.05, 4.69) is 56.2 Å². The molecule has 0 spiro atoms. The first-order valence-electron chi connectivity index (χ1n) is 5.44. The van der Waals surface area contributed by atoms with E-state index in [0.29, 0.717) is 0 Å². The molecule has 0 saturated heterocycles. The van der Waals surface area contributed by atoms with Gasteiger partial charge in [-0.25, -0.2) is 0 Å². The molecule has 0 aliphatic heterocycles. The van der Waals surface area contributed by atoms with Crippen LogP contribution in [0.1, 0.15) is 29.8 Å². The molecule has 1 N–H and O–H groups in total. The number of nitrogens with one attached hydrogen (secondary N) is 1. The second-order valence-corrected chi connectivity index (χ2v) is 6.89. The second-order valence-electron chi connectivity index (χ2n) is 3.68. The highest BCUT2D eigenvalue weighted by molar-refractivity contribution is 9.11. The van der Waals surface area contributed by atoms with Crippen molar-refractivity contribution in [1.29, 1.82) is 0 Å². The zero-order valence-electron chi connectivity index (χ0n) is 9.37. The average molecular weight is 379 g/mol. The summed E-state index contributed by atoms with van der Waals surface area (Å²) in [6.07, 6.45) is 2.82. The maximum atomic E-state index is 5.32. The van der Waals surface area contributed by atoms with Crippen LogP contribution in [0.3, 0.4) is 0 Å². The van der Waals surface area contributed by atoms with Gasteiger partial charge in [-0.1, -0.05) is 6.92 Å². The molecule has 0 aromatic carbocycles. The van der Waals surface area contributed by atoms with Crippen LogP contribution in [-0.2, 0) is 0 Å². The van der Waals surface area contributed by atoms with E-state index in [1.165, 1.54) is 4.88 Å². The highest BCUT2D eigenvalue weighted by Crippen LogP contribution is 2.34. The molecule has 1 atom stereocenters. The molecule has 0 fully saturated rings. The third kappa shape index (κ3) is 3.22. The first kappa shape index (κ1) is 13.3. The molecular weight excluding hydrogens is 366 g/mol. The molecule has 0 aliphatic carbocycles. The Morgan fingerprint density at radius 3 is 2.71 bits per heavy atom. The molecule has 2 rings (SSSR count). The zero-order valence-corrected chi connectivity index (χ0v) is 13.4. The van der Waals surface area contributed by atoms with Gasteiger partial charge in [-0.05, 0) is 63.0 Å². The Labute approximate surface area is 122 Å². The maximum absolute atomic E-state index is 5.32. The molecule has 17 heavy (non-hydrogen) atoms. The molecule has 0 amide bonds. The summed E-state index contributed by atoms with van der Waals surface area (Å²) >= 11 is 8.70. The monoisotopic (exact) mass is 377 g/mol. The third-order valence-corrected chi connectivity index (χ3v) is 4.77. The van der Waals surface area contributed by atoms with Gasteiger partial charge in [0, 0.05) is 10.4 Å². The minimum atomic E-state index is 0.194. The van der Waals surface area contributed by atoms with Crippen LogP contribution in [0.5, 0.6) is 0 Å². The van der Waals surface area contributed by atoms with Gasteiger partial charge >= 0.3 is 0 Å². The molecule has 5 heteroatoms. The Morgan fingerprint density at radius 1 is 1.35 bits per heavy atom. The van der Waals surface area contributed by atoms with Crippen molar-refractivity contribution in [3.8, 4) is 0 Å². The average Bonchev–Trinajstić information content (AvgIpc) is 2.90. The van der Waals surface area contributed by atoms with Crippen LogP contribution in [0.2, 0.25) is 0 Å². The predicted octanol–water partition coefficient (Wildman–Crippen LogP) is 4.96. The second kappa shape index (κ2) is 6.18. The largest absolute Gasteiger partial charge is 0.457 e. The van der Waals surface area contributed by atoms with Crippen LogP contribution >= 0.6 is 43.2 Å². The Balaban J connectivity index is 2.28. The number of rotatable bonds is 5. The summed E-state index contributed by atoms with van der Waals surface area (Å²) in [4.78, 5) is 1.28. The van der Waals surface area contributed by atoms with Crippen molar-refractivity contribution in [2.75, 3.05) is 6.54 Å². The SMILES string of the molecule is CCCNC(c1ccc(Br)s1)c1ccoc1Br. The van der Waals surface area contributed by atoms with Crippen molar-refractivity contribution in [2.24, 2.45) is 0 Å². The van der Waals surface area contributed by atoms with Gasteiger partial charge in [-0.2, -0.15) is 0 Å². The summed E-state index contributed by atoms with van der Waals surface area (Å²) in [7, 11) is 0. The molecule has 2 aromatic rings. The van der Waals surface area contributed by atoms with Gasteiger partial charge in [0.2, 0.25) is 0 Å². The summed E-state index contributed by atoms with van der Waals surface area (Å²) in [5.41, 5.74) is 1.15. The molecule has 2 aromatic heterocycles. The van der Waals surface area contributed by atoms with Crippen molar-refractivity contribution in [2.45, 2.75) is 19.4 Å². The minimum absolute atomic E-state index is 0.194. The van der Waals surface area contributed by atoms with Crippen LogP contribution in [0.4, 0.5) is 0 Å². The van der Waals surface area contributed by atoms with E-state index in [-0.39, 0.29) is 6.04 Å². The van der Waals surface area contributed by atoms with Gasteiger partial charge in [0.15, 0.2) is 4.67 Å². The van der Waals surface area contributed by atoms with Crippen LogP contribution in [-0.4, -0.2) is 6.54 Å². The Kier molecular flexibility index (Phi) is 4.85. The molecule has 92 valence electrons. The van der Waals surface area contributed by atoms with Crippen molar-refractivity contribution >= 4 is 43.2 Å². The van der Waals surface area contributed by atoms with E-state index in [9.17, 15) is 0 Å². The summed E-state index contributed by atoms with van der Waals surface area (Å²) in [5, 5.41) is 3.54. The van der Waals surface area contributed by atoms with Crippen LogP contribution in [0.25, 0.3) is 0 Å². The molecule has 2 nitrogen and oxygen atoms in total. The summed E-state index contributed by atoms with van der Waals surface area (Å²) in [5.74, 6) is 0. The summed E-state index contributed by atoms with van der Waals surface area (Å²) in [6.45, 7) is 3.15. The summed E-state index contributed by atoms with van der Waals surface area (Å²) in [6, 6.07) is 6.42. The number of hydrogen-bond acceptors (Lipinski definition) is 3. The van der Waals surface area contributed by atoms with Crippen LogP contribution < -0.4 is 5.32 Å². The molecule has 0 aliphatic rings. The van der Waals surface area contributed by atoms with E-state index in [1.54, 1.807) is 17.6 Å². The van der Waals surface area contributed by atoms with Crippen LogP contribution in [0, 0.1) is 0 Å². The normalized spacial score (nSPS) is 12.9. The molecule has 0 radical (unpaired) electrons. The van der Waals surface area contributed by atoms with Gasteiger partial charge in [0.1, 0.15) is 0 Å². The highest BCUT2D eigenvalue weighted by Gasteiger charge is 2.19. The van der Waals surface area contributed by atoms with Crippen molar-refractivity contribution < 1.29 is 4.42 Å². The molecular formula is C12H13Br2NOS. The van der Waals surface area contributed by atoms with Gasteiger partial charge in [0.25, 0.3) is 0 Å². The fraction of sp³-hybridized carbons (Fsp3) is 0.333. The predicted molar refractivity (Wildman–Crippen MR) is 78.6 cm³/mol. The van der Waals surface area contributed by atoms with Crippen LogP contribution in [0.15, 0.2) is 37.3 Å². The molecule has 0 saturated carbocycles. The molecule has 2 heterocycles. The first-order chi connectivity index (χ1) is 8.22. The number of halogens is 2. The topological polar surface area (TPSA) is 25.2 Å². The summed E-state index contributed by atoms with van der Waals surface area (Å²) < 4.78 is 7.27. The van der Waals surface area contributed by atoms with Crippen molar-refractivity contribution in [3.63, 3.8) is 0 Å². The van der Waals surface area contributed by atoms with E-state index < -0.39 is 0 Å². The van der Waals surface area contributed by atoms with Crippen molar-refractivity contribution in [3.05, 3.63) is 43.4 Å². The Morgan fingerprint density at radius 2 is 2.18 bits per heavy atom. The fourth-order valence-corrected chi connectivity index (χ4v) is 3.63. The zero-order chi connectivity index (χ0) is 12.3. The number of hydrogen-bond donors (Lipinski definition) is 1. The van der Waals surface area contributed by atoms with E-state index >= 15 is 0 Å². The Hall–Kier alpha value is -0.100. The van der Waals surface area contributed by atoms with Gasteiger partial charge in [-0.3, -0.25) is 0 Å². The smallest absolute Gasteiger partial charge is 0.174 e. The quantitative estimate of drug-likeness (QED) is 0.795. The third-order valence-electron chi connectivity index (χ3n) is 2.43. The standard InChI is InChI=1S/C12H13Br2NOS/c1-2-6-15-11(8-5-7-16-12(8)14)9-3-4-10(13)17-9/h3-5,7,11,15H,2,6H2,1H3. The number of furan rings is 1. The fourth-order valence-electron chi connectivity index (χ4n) is 1.65. The van der Waals surface area contributed by atoms with Crippen molar-refractivity contribution in [1.82, 2.24) is 5.32 Å². The van der Waals surface area contributed by atoms with E-state index in [4.69, 9.17) is 4.42 Å². The van der Waals surface area contributed by atoms with Gasteiger partial charge in [0.05, 0.1) is 16.1 Å². The molecule has 0 bridgehead atoms. The lowest BCUT2D eigenvalue weighted by Gasteiger charge is -2.16. The highest BCUT2D eigenvalue weighted by atomic mass is 79.9. The Bertz CT molecular complexity index is 480. The van der Waals surface area contributed by atoms with E-state index in [1.807, 2.05) is 6.07 Å².